The van der Waals surface area contributed by atoms with E-state index in [1.165, 1.54) is 5.56 Å². The summed E-state index contributed by atoms with van der Waals surface area (Å²) in [6.07, 6.45) is 0.817. The van der Waals surface area contributed by atoms with Crippen molar-refractivity contribution in [3.63, 3.8) is 0 Å². The van der Waals surface area contributed by atoms with E-state index >= 15 is 0 Å². The lowest BCUT2D eigenvalue weighted by molar-refractivity contribution is -0.132. The van der Waals surface area contributed by atoms with Crippen LogP contribution in [0.25, 0.3) is 0 Å². The Labute approximate surface area is 85.5 Å². The Hall–Kier alpha value is -1.31. The third-order valence-electron chi connectivity index (χ3n) is 2.25. The Morgan fingerprint density at radius 1 is 1.29 bits per heavy atom. The maximum absolute atomic E-state index is 11.6. The number of nitrogens with zero attached hydrogens (tertiary/aromatic N) is 1. The molecule has 0 radical (unpaired) electrons. The summed E-state index contributed by atoms with van der Waals surface area (Å²) in [5, 5.41) is 0. The first-order chi connectivity index (χ1) is 6.61. The normalized spacial score (nSPS) is 12.2. The fraction of sp³-hybridized carbons (Fsp3) is 0.417. The van der Waals surface area contributed by atoms with E-state index in [9.17, 15) is 4.79 Å². The van der Waals surface area contributed by atoms with E-state index in [1.54, 1.807) is 19.0 Å². The number of hydrogen-bond donors (Lipinski definition) is 0. The highest BCUT2D eigenvalue weighted by Crippen LogP contribution is 2.09. The van der Waals surface area contributed by atoms with Gasteiger partial charge in [-0.2, -0.15) is 0 Å². The molecule has 0 heterocycles. The predicted octanol–water partition coefficient (Wildman–Crippen LogP) is 1.95. The van der Waals surface area contributed by atoms with Crippen LogP contribution in [-0.4, -0.2) is 24.9 Å². The van der Waals surface area contributed by atoms with Crippen molar-refractivity contribution in [1.82, 2.24) is 4.90 Å². The molecular formula is C12H17NO. The molecule has 2 nitrogen and oxygen atoms in total. The molecule has 0 bridgehead atoms. The van der Waals surface area contributed by atoms with Crippen LogP contribution < -0.4 is 0 Å². The lowest BCUT2D eigenvalue weighted by atomic mass is 10.0. The highest BCUT2D eigenvalue weighted by Gasteiger charge is 2.14. The summed E-state index contributed by atoms with van der Waals surface area (Å²) in [6, 6.07) is 10.1. The van der Waals surface area contributed by atoms with Gasteiger partial charge in [-0.05, 0) is 12.0 Å². The molecule has 0 unspecified atom stereocenters. The molecule has 76 valence electrons. The summed E-state index contributed by atoms with van der Waals surface area (Å²) in [5.41, 5.74) is 1.22. The SMILES string of the molecule is C[C@H](Cc1ccccc1)C(=O)N(C)C. The smallest absolute Gasteiger partial charge is 0.225 e. The molecule has 1 amide bonds. The Bertz CT molecular complexity index is 292. The van der Waals surface area contributed by atoms with Gasteiger partial charge in [0, 0.05) is 20.0 Å². The van der Waals surface area contributed by atoms with Crippen LogP contribution in [-0.2, 0) is 11.2 Å². The van der Waals surface area contributed by atoms with Crippen LogP contribution >= 0.6 is 0 Å². The van der Waals surface area contributed by atoms with Crippen LogP contribution in [0.1, 0.15) is 12.5 Å². The van der Waals surface area contributed by atoms with Gasteiger partial charge in [-0.3, -0.25) is 4.79 Å². The van der Waals surface area contributed by atoms with Gasteiger partial charge < -0.3 is 4.90 Å². The standard InChI is InChI=1S/C12H17NO/c1-10(12(14)13(2)3)9-11-7-5-4-6-8-11/h4-8,10H,9H2,1-3H3/t10-/m1/s1. The first kappa shape index (κ1) is 10.8. The van der Waals surface area contributed by atoms with Crippen molar-refractivity contribution in [2.24, 2.45) is 5.92 Å². The van der Waals surface area contributed by atoms with Crippen LogP contribution in [0.2, 0.25) is 0 Å². The molecule has 0 saturated heterocycles. The maximum atomic E-state index is 11.6. The molecule has 1 aromatic carbocycles. The molecule has 0 N–H and O–H groups in total. The van der Waals surface area contributed by atoms with Crippen LogP contribution in [0.4, 0.5) is 0 Å². The van der Waals surface area contributed by atoms with Crippen LogP contribution in [0.3, 0.4) is 0 Å². The van der Waals surface area contributed by atoms with E-state index in [-0.39, 0.29) is 11.8 Å². The zero-order chi connectivity index (χ0) is 10.6. The summed E-state index contributed by atoms with van der Waals surface area (Å²) in [5.74, 6) is 0.251. The quantitative estimate of drug-likeness (QED) is 0.715. The third-order valence-corrected chi connectivity index (χ3v) is 2.25. The van der Waals surface area contributed by atoms with E-state index in [1.807, 2.05) is 25.1 Å². The Morgan fingerprint density at radius 3 is 2.36 bits per heavy atom. The van der Waals surface area contributed by atoms with Crippen LogP contribution in [0.5, 0.6) is 0 Å². The first-order valence-corrected chi connectivity index (χ1v) is 4.86. The molecule has 0 fully saturated rings. The molecule has 0 aromatic heterocycles. The molecular weight excluding hydrogens is 174 g/mol. The van der Waals surface area contributed by atoms with Gasteiger partial charge in [0.25, 0.3) is 0 Å². The molecule has 0 spiro atoms. The van der Waals surface area contributed by atoms with E-state index in [4.69, 9.17) is 0 Å². The lowest BCUT2D eigenvalue weighted by Gasteiger charge is -2.16. The molecule has 1 atom stereocenters. The third kappa shape index (κ3) is 2.87. The van der Waals surface area contributed by atoms with Crippen LogP contribution in [0.15, 0.2) is 30.3 Å². The van der Waals surface area contributed by atoms with E-state index in [0.29, 0.717) is 0 Å². The minimum absolute atomic E-state index is 0.0624. The summed E-state index contributed by atoms with van der Waals surface area (Å²) in [4.78, 5) is 13.2. The molecule has 14 heavy (non-hydrogen) atoms. The highest BCUT2D eigenvalue weighted by atomic mass is 16.2. The molecule has 0 aliphatic heterocycles. The number of carbonyl (C=O) groups excluding carboxylic acids is 1. The molecule has 1 rings (SSSR count). The molecule has 0 aliphatic carbocycles. The van der Waals surface area contributed by atoms with Gasteiger partial charge >= 0.3 is 0 Å². The summed E-state index contributed by atoms with van der Waals surface area (Å²) < 4.78 is 0. The average Bonchev–Trinajstić information content (AvgIpc) is 2.18. The molecule has 2 heteroatoms. The Balaban J connectivity index is 2.57. The minimum atomic E-state index is 0.0624. The van der Waals surface area contributed by atoms with Gasteiger partial charge in [0.15, 0.2) is 0 Å². The summed E-state index contributed by atoms with van der Waals surface area (Å²) in [6.45, 7) is 1.97. The first-order valence-electron chi connectivity index (χ1n) is 4.86. The van der Waals surface area contributed by atoms with E-state index in [2.05, 4.69) is 12.1 Å². The fourth-order valence-corrected chi connectivity index (χ4v) is 1.50. The molecule has 0 saturated carbocycles. The predicted molar refractivity (Wildman–Crippen MR) is 58.0 cm³/mol. The average molecular weight is 191 g/mol. The summed E-state index contributed by atoms with van der Waals surface area (Å²) >= 11 is 0. The second-order valence-electron chi connectivity index (χ2n) is 3.82. The van der Waals surface area contributed by atoms with Gasteiger partial charge in [-0.1, -0.05) is 37.3 Å². The zero-order valence-corrected chi connectivity index (χ0v) is 9.03. The maximum Gasteiger partial charge on any atom is 0.225 e. The second-order valence-corrected chi connectivity index (χ2v) is 3.82. The largest absolute Gasteiger partial charge is 0.349 e. The topological polar surface area (TPSA) is 20.3 Å². The number of carbonyl (C=O) groups is 1. The fourth-order valence-electron chi connectivity index (χ4n) is 1.50. The van der Waals surface area contributed by atoms with Crippen molar-refractivity contribution in [3.05, 3.63) is 35.9 Å². The van der Waals surface area contributed by atoms with Crippen molar-refractivity contribution in [1.29, 1.82) is 0 Å². The van der Waals surface area contributed by atoms with E-state index < -0.39 is 0 Å². The van der Waals surface area contributed by atoms with Crippen molar-refractivity contribution in [3.8, 4) is 0 Å². The molecule has 1 aromatic rings. The highest BCUT2D eigenvalue weighted by molar-refractivity contribution is 5.78. The number of rotatable bonds is 3. The monoisotopic (exact) mass is 191 g/mol. The van der Waals surface area contributed by atoms with Crippen molar-refractivity contribution >= 4 is 5.91 Å². The van der Waals surface area contributed by atoms with Crippen molar-refractivity contribution in [2.45, 2.75) is 13.3 Å². The Morgan fingerprint density at radius 2 is 1.86 bits per heavy atom. The van der Waals surface area contributed by atoms with E-state index in [0.717, 1.165) is 6.42 Å². The van der Waals surface area contributed by atoms with Gasteiger partial charge in [-0.15, -0.1) is 0 Å². The number of hydrogen-bond acceptors (Lipinski definition) is 1. The van der Waals surface area contributed by atoms with Crippen molar-refractivity contribution in [2.75, 3.05) is 14.1 Å². The Kier molecular flexibility index (Phi) is 3.69. The van der Waals surface area contributed by atoms with Gasteiger partial charge in [0.05, 0.1) is 0 Å². The minimum Gasteiger partial charge on any atom is -0.349 e. The van der Waals surface area contributed by atoms with Crippen molar-refractivity contribution < 1.29 is 4.79 Å². The van der Waals surface area contributed by atoms with Gasteiger partial charge in [-0.25, -0.2) is 0 Å². The lowest BCUT2D eigenvalue weighted by Crippen LogP contribution is -2.29. The second kappa shape index (κ2) is 4.80. The van der Waals surface area contributed by atoms with Gasteiger partial charge in [0.2, 0.25) is 5.91 Å². The molecule has 0 aliphatic rings. The number of amides is 1. The summed E-state index contributed by atoms with van der Waals surface area (Å²) in [7, 11) is 3.59. The zero-order valence-electron chi connectivity index (χ0n) is 9.03. The van der Waals surface area contributed by atoms with Gasteiger partial charge in [0.1, 0.15) is 0 Å². The number of benzene rings is 1. The van der Waals surface area contributed by atoms with Crippen LogP contribution in [0, 0.1) is 5.92 Å².